The molecule has 0 N–H and O–H groups in total. The molecule has 0 saturated heterocycles. The third-order valence-corrected chi connectivity index (χ3v) is 9.15. The molecule has 0 radical (unpaired) electrons. The van der Waals surface area contributed by atoms with Crippen molar-refractivity contribution >= 4 is 51.0 Å². The number of halogens is 1. The summed E-state index contributed by atoms with van der Waals surface area (Å²) in [5.74, 6) is 0.515. The molecule has 6 rings (SSSR count). The van der Waals surface area contributed by atoms with E-state index in [1.165, 1.54) is 23.0 Å². The number of esters is 2. The first kappa shape index (κ1) is 32.0. The standard InChI is InChI=1S/C36H29BrN2O7S/c1-5-45-35(42)30-31(21-9-7-6-8-10-21)38-36-39(32(30)26-18-23(37)12-15-27(26)43-3)33(40)29(47-36)19-24-13-16-28(46-24)25-14-11-22(17-20(25)2)34(41)44-4/h6-19,32H,5H2,1-4H3/b29-19-/t32-/m1/s1. The van der Waals surface area contributed by atoms with Crippen molar-refractivity contribution in [2.75, 3.05) is 20.8 Å². The lowest BCUT2D eigenvalue weighted by Gasteiger charge is -2.27. The van der Waals surface area contributed by atoms with Crippen LogP contribution in [-0.2, 0) is 14.3 Å². The molecule has 0 unspecified atom stereocenters. The molecule has 0 bridgehead atoms. The Kier molecular flexibility index (Phi) is 9.10. The number of aryl methyl sites for hydroxylation is 1. The fourth-order valence-corrected chi connectivity index (χ4v) is 6.90. The number of methoxy groups -OCH3 is 2. The number of benzene rings is 3. The minimum absolute atomic E-state index is 0.142. The Balaban J connectivity index is 1.55. The van der Waals surface area contributed by atoms with E-state index in [-0.39, 0.29) is 17.7 Å². The van der Waals surface area contributed by atoms with Crippen molar-refractivity contribution in [2.24, 2.45) is 4.99 Å². The first-order chi connectivity index (χ1) is 22.7. The van der Waals surface area contributed by atoms with Crippen LogP contribution in [0.1, 0.15) is 45.8 Å². The van der Waals surface area contributed by atoms with Crippen LogP contribution in [0.15, 0.2) is 103 Å². The predicted octanol–water partition coefficient (Wildman–Crippen LogP) is 6.06. The number of nitrogens with zero attached hydrogens (tertiary/aromatic N) is 2. The van der Waals surface area contributed by atoms with E-state index in [2.05, 4.69) is 15.9 Å². The van der Waals surface area contributed by atoms with Gasteiger partial charge < -0.3 is 18.6 Å². The first-order valence-electron chi connectivity index (χ1n) is 14.6. The van der Waals surface area contributed by atoms with Crippen molar-refractivity contribution in [3.63, 3.8) is 0 Å². The quantitative estimate of drug-likeness (QED) is 0.180. The number of carbonyl (C=O) groups is 2. The highest BCUT2D eigenvalue weighted by Gasteiger charge is 2.37. The summed E-state index contributed by atoms with van der Waals surface area (Å²) >= 11 is 4.74. The first-order valence-corrected chi connectivity index (χ1v) is 16.3. The second kappa shape index (κ2) is 13.4. The van der Waals surface area contributed by atoms with Gasteiger partial charge in [0, 0.05) is 27.2 Å². The Bertz CT molecular complexity index is 2230. The van der Waals surface area contributed by atoms with E-state index in [1.54, 1.807) is 50.4 Å². The summed E-state index contributed by atoms with van der Waals surface area (Å²) < 4.78 is 24.9. The average molecular weight is 714 g/mol. The van der Waals surface area contributed by atoms with Gasteiger partial charge in [-0.2, -0.15) is 0 Å². The molecule has 0 fully saturated rings. The van der Waals surface area contributed by atoms with Crippen LogP contribution in [0.4, 0.5) is 0 Å². The summed E-state index contributed by atoms with van der Waals surface area (Å²) in [6.45, 7) is 3.75. The summed E-state index contributed by atoms with van der Waals surface area (Å²) in [5.41, 5.74) is 3.64. The van der Waals surface area contributed by atoms with Gasteiger partial charge in [0.25, 0.3) is 5.56 Å². The molecular weight excluding hydrogens is 684 g/mol. The number of hydrogen-bond acceptors (Lipinski definition) is 9. The second-order valence-corrected chi connectivity index (χ2v) is 12.5. The van der Waals surface area contributed by atoms with Crippen molar-refractivity contribution in [3.05, 3.63) is 137 Å². The number of thiazole rings is 1. The summed E-state index contributed by atoms with van der Waals surface area (Å²) in [6.07, 6.45) is 1.66. The van der Waals surface area contributed by atoms with Crippen LogP contribution in [0.3, 0.4) is 0 Å². The molecule has 3 aromatic carbocycles. The molecule has 1 aliphatic rings. The fourth-order valence-electron chi connectivity index (χ4n) is 5.54. The third kappa shape index (κ3) is 6.11. The van der Waals surface area contributed by atoms with Gasteiger partial charge in [0.05, 0.1) is 42.2 Å². The summed E-state index contributed by atoms with van der Waals surface area (Å²) in [6, 6.07) is 22.7. The lowest BCUT2D eigenvalue weighted by atomic mass is 9.92. The summed E-state index contributed by atoms with van der Waals surface area (Å²) in [7, 11) is 2.88. The van der Waals surface area contributed by atoms with Crippen molar-refractivity contribution in [1.29, 1.82) is 0 Å². The number of ether oxygens (including phenoxy) is 3. The van der Waals surface area contributed by atoms with Crippen LogP contribution < -0.4 is 19.6 Å². The van der Waals surface area contributed by atoms with Gasteiger partial charge in [-0.25, -0.2) is 14.6 Å². The second-order valence-electron chi connectivity index (χ2n) is 10.5. The Labute approximate surface area is 282 Å². The lowest BCUT2D eigenvalue weighted by molar-refractivity contribution is -0.138. The molecule has 1 aliphatic heterocycles. The van der Waals surface area contributed by atoms with Crippen molar-refractivity contribution in [1.82, 2.24) is 4.57 Å². The minimum Gasteiger partial charge on any atom is -0.496 e. The Morgan fingerprint density at radius 2 is 1.81 bits per heavy atom. The molecule has 0 amide bonds. The number of aromatic nitrogens is 1. The normalized spacial score (nSPS) is 14.4. The average Bonchev–Trinajstić information content (AvgIpc) is 3.67. The molecule has 5 aromatic rings. The number of fused-ring (bicyclic) bond motifs is 1. The number of furan rings is 1. The molecule has 11 heteroatoms. The van der Waals surface area contributed by atoms with E-state index in [1.807, 2.05) is 55.5 Å². The topological polar surface area (TPSA) is 109 Å². The predicted molar refractivity (Wildman–Crippen MR) is 182 cm³/mol. The molecule has 1 atom stereocenters. The van der Waals surface area contributed by atoms with Crippen LogP contribution in [0.25, 0.3) is 23.1 Å². The van der Waals surface area contributed by atoms with Gasteiger partial charge in [0.15, 0.2) is 4.80 Å². The maximum atomic E-state index is 14.3. The zero-order valence-corrected chi connectivity index (χ0v) is 28.3. The minimum atomic E-state index is -0.904. The van der Waals surface area contributed by atoms with Crippen molar-refractivity contribution < 1.29 is 28.2 Å². The van der Waals surface area contributed by atoms with Gasteiger partial charge in [-0.15, -0.1) is 0 Å². The van der Waals surface area contributed by atoms with Crippen LogP contribution in [0.5, 0.6) is 5.75 Å². The maximum absolute atomic E-state index is 14.3. The van der Waals surface area contributed by atoms with E-state index < -0.39 is 18.0 Å². The van der Waals surface area contributed by atoms with Gasteiger partial charge in [-0.3, -0.25) is 9.36 Å². The van der Waals surface area contributed by atoms with Gasteiger partial charge in [-0.05, 0) is 61.9 Å². The lowest BCUT2D eigenvalue weighted by Crippen LogP contribution is -2.40. The zero-order chi connectivity index (χ0) is 33.2. The molecule has 0 aliphatic carbocycles. The number of carbonyl (C=O) groups excluding carboxylic acids is 2. The van der Waals surface area contributed by atoms with Crippen LogP contribution in [0.2, 0.25) is 0 Å². The van der Waals surface area contributed by atoms with Crippen LogP contribution in [-0.4, -0.2) is 37.3 Å². The SMILES string of the molecule is CCOC(=O)C1=C(c2ccccc2)N=c2s/c(=C\c3ccc(-c4ccc(C(=O)OC)cc4C)o3)c(=O)n2[C@@H]1c1cc(Br)ccc1OC. The molecular formula is C36H29BrN2O7S. The van der Waals surface area contributed by atoms with E-state index in [0.717, 1.165) is 15.6 Å². The monoisotopic (exact) mass is 712 g/mol. The highest BCUT2D eigenvalue weighted by atomic mass is 79.9. The maximum Gasteiger partial charge on any atom is 0.338 e. The highest BCUT2D eigenvalue weighted by molar-refractivity contribution is 9.10. The van der Waals surface area contributed by atoms with Gasteiger partial charge >= 0.3 is 11.9 Å². The largest absolute Gasteiger partial charge is 0.496 e. The Morgan fingerprint density at radius 3 is 2.51 bits per heavy atom. The van der Waals surface area contributed by atoms with Crippen LogP contribution in [0, 0.1) is 6.92 Å². The molecule has 9 nitrogen and oxygen atoms in total. The third-order valence-electron chi connectivity index (χ3n) is 7.67. The molecule has 47 heavy (non-hydrogen) atoms. The van der Waals surface area contributed by atoms with Crippen LogP contribution >= 0.6 is 27.3 Å². The van der Waals surface area contributed by atoms with Gasteiger partial charge in [-0.1, -0.05) is 63.7 Å². The number of rotatable bonds is 8. The Hall–Kier alpha value is -5.00. The van der Waals surface area contributed by atoms with E-state index in [4.69, 9.17) is 23.6 Å². The van der Waals surface area contributed by atoms with E-state index >= 15 is 0 Å². The van der Waals surface area contributed by atoms with Gasteiger partial charge in [0.1, 0.15) is 23.3 Å². The van der Waals surface area contributed by atoms with Gasteiger partial charge in [0.2, 0.25) is 0 Å². The Morgan fingerprint density at radius 1 is 1.02 bits per heavy atom. The van der Waals surface area contributed by atoms with Crippen molar-refractivity contribution in [3.8, 4) is 17.1 Å². The van der Waals surface area contributed by atoms with Crippen molar-refractivity contribution in [2.45, 2.75) is 19.9 Å². The zero-order valence-electron chi connectivity index (χ0n) is 25.9. The van der Waals surface area contributed by atoms with E-state index in [9.17, 15) is 14.4 Å². The highest BCUT2D eigenvalue weighted by Crippen LogP contribution is 2.40. The molecule has 0 spiro atoms. The summed E-state index contributed by atoms with van der Waals surface area (Å²) in [5, 5.41) is 0. The van der Waals surface area contributed by atoms with E-state index in [0.29, 0.717) is 49.0 Å². The molecule has 2 aromatic heterocycles. The molecule has 0 saturated carbocycles. The molecule has 238 valence electrons. The molecule has 3 heterocycles. The fraction of sp³-hybridized carbons (Fsp3) is 0.167. The number of hydrogen-bond donors (Lipinski definition) is 0. The smallest absolute Gasteiger partial charge is 0.338 e. The summed E-state index contributed by atoms with van der Waals surface area (Å²) in [4.78, 5) is 45.3.